The van der Waals surface area contributed by atoms with Crippen LogP contribution >= 0.6 is 23.2 Å². The normalized spacial score (nSPS) is 11.7. The van der Waals surface area contributed by atoms with Crippen LogP contribution in [-0.2, 0) is 6.18 Å². The van der Waals surface area contributed by atoms with Crippen molar-refractivity contribution >= 4 is 51.0 Å². The summed E-state index contributed by atoms with van der Waals surface area (Å²) in [5, 5.41) is 1.92. The smallest absolute Gasteiger partial charge is 0.397 e. The Labute approximate surface area is 232 Å². The van der Waals surface area contributed by atoms with E-state index in [1.807, 2.05) is 0 Å². The number of hydrogen-bond acceptors (Lipinski definition) is 6. The minimum atomic E-state index is -5.07. The lowest BCUT2D eigenvalue weighted by Crippen LogP contribution is -2.41. The van der Waals surface area contributed by atoms with Crippen molar-refractivity contribution in [1.82, 2.24) is 14.5 Å². The molecule has 0 aliphatic rings. The molecular weight excluding hydrogens is 575 g/mol. The lowest BCUT2D eigenvalue weighted by Gasteiger charge is -2.24. The maximum absolute atomic E-state index is 14.1. The minimum Gasteiger partial charge on any atom is -0.397 e. The molecule has 0 spiro atoms. The van der Waals surface area contributed by atoms with Crippen LogP contribution < -0.4 is 27.8 Å². The third-order valence-corrected chi connectivity index (χ3v) is 6.82. The van der Waals surface area contributed by atoms with E-state index in [0.29, 0.717) is 22.9 Å². The number of alkyl halides is 3. The molecule has 0 aliphatic carbocycles. The highest BCUT2D eigenvalue weighted by molar-refractivity contribution is 6.42. The summed E-state index contributed by atoms with van der Waals surface area (Å²) in [5.74, 6) is 4.80. The number of anilines is 3. The molecule has 5 aromatic rings. The molecular formula is C26H16Cl2F4N6O2. The van der Waals surface area contributed by atoms with Crippen LogP contribution in [-0.4, -0.2) is 14.5 Å². The van der Waals surface area contributed by atoms with E-state index < -0.39 is 40.2 Å². The Morgan fingerprint density at radius 1 is 0.975 bits per heavy atom. The van der Waals surface area contributed by atoms with Crippen molar-refractivity contribution in [3.05, 3.63) is 109 Å². The van der Waals surface area contributed by atoms with Crippen LogP contribution in [0.3, 0.4) is 0 Å². The van der Waals surface area contributed by atoms with Crippen LogP contribution in [0.4, 0.5) is 34.6 Å². The zero-order chi connectivity index (χ0) is 28.9. The summed E-state index contributed by atoms with van der Waals surface area (Å²) in [6.07, 6.45) is -2.27. The Balaban J connectivity index is 1.87. The zero-order valence-corrected chi connectivity index (χ0v) is 21.4. The average molecular weight is 591 g/mol. The monoisotopic (exact) mass is 590 g/mol. The highest BCUT2D eigenvalue weighted by Crippen LogP contribution is 2.38. The summed E-state index contributed by atoms with van der Waals surface area (Å²) in [6, 6.07) is 11.3. The van der Waals surface area contributed by atoms with Gasteiger partial charge in [0.15, 0.2) is 0 Å². The molecule has 0 aliphatic heterocycles. The molecule has 0 amide bonds. The van der Waals surface area contributed by atoms with Gasteiger partial charge in [-0.3, -0.25) is 14.8 Å². The van der Waals surface area contributed by atoms with Crippen LogP contribution in [0.15, 0.2) is 76.6 Å². The highest BCUT2D eigenvalue weighted by Gasteiger charge is 2.35. The fraction of sp³-hybridized carbons (Fsp3) is 0.0385. The topological polar surface area (TPSA) is 123 Å². The van der Waals surface area contributed by atoms with Crippen LogP contribution in [0.2, 0.25) is 10.0 Å². The third-order valence-electron chi connectivity index (χ3n) is 6.10. The fourth-order valence-corrected chi connectivity index (χ4v) is 4.57. The maximum atomic E-state index is 14.1. The number of fused-ring (bicyclic) bond motifs is 1. The number of aromatic nitrogens is 3. The first-order chi connectivity index (χ1) is 18.9. The van der Waals surface area contributed by atoms with Gasteiger partial charge in [0.25, 0.3) is 5.56 Å². The molecule has 2 heterocycles. The van der Waals surface area contributed by atoms with Crippen LogP contribution in [0.5, 0.6) is 0 Å². The quantitative estimate of drug-likeness (QED) is 0.105. The Kier molecular flexibility index (Phi) is 6.78. The van der Waals surface area contributed by atoms with Crippen molar-refractivity contribution < 1.29 is 17.6 Å². The molecule has 5 rings (SSSR count). The number of aromatic amines is 1. The number of H-pyrrole nitrogens is 1. The van der Waals surface area contributed by atoms with E-state index >= 15 is 0 Å². The van der Waals surface area contributed by atoms with Gasteiger partial charge in [0, 0.05) is 22.5 Å². The number of hydrazine groups is 1. The zero-order valence-electron chi connectivity index (χ0n) is 19.9. The SMILES string of the molecule is Nc1cc(Cl)c(Cl)cc1N(N)c1c(-c2ccc(F)c(C(F)(F)F)c2)[nH]c(=O)n(-c2cncc3ccccc23)c1=O. The van der Waals surface area contributed by atoms with Gasteiger partial charge in [-0.15, -0.1) is 0 Å². The number of nitrogens with one attached hydrogen (secondary N) is 1. The second-order valence-corrected chi connectivity index (χ2v) is 9.38. The van der Waals surface area contributed by atoms with E-state index in [-0.39, 0.29) is 32.7 Å². The molecule has 14 heteroatoms. The first-order valence-corrected chi connectivity index (χ1v) is 12.0. The molecule has 40 heavy (non-hydrogen) atoms. The first kappa shape index (κ1) is 27.2. The summed E-state index contributed by atoms with van der Waals surface area (Å²) < 4.78 is 55.4. The number of rotatable bonds is 4. The van der Waals surface area contributed by atoms with E-state index in [9.17, 15) is 27.2 Å². The van der Waals surface area contributed by atoms with Crippen molar-refractivity contribution in [1.29, 1.82) is 0 Å². The van der Waals surface area contributed by atoms with Gasteiger partial charge in [0.2, 0.25) is 0 Å². The van der Waals surface area contributed by atoms with E-state index in [2.05, 4.69) is 9.97 Å². The summed E-state index contributed by atoms with van der Waals surface area (Å²) in [5.41, 5.74) is 1.09. The summed E-state index contributed by atoms with van der Waals surface area (Å²) in [6.45, 7) is 0. The van der Waals surface area contributed by atoms with Crippen LogP contribution in [0.25, 0.3) is 27.7 Å². The van der Waals surface area contributed by atoms with E-state index in [1.54, 1.807) is 24.3 Å². The lowest BCUT2D eigenvalue weighted by molar-refractivity contribution is -0.139. The molecule has 3 aromatic carbocycles. The van der Waals surface area contributed by atoms with Gasteiger partial charge in [-0.05, 0) is 30.3 Å². The van der Waals surface area contributed by atoms with Gasteiger partial charge < -0.3 is 10.7 Å². The van der Waals surface area contributed by atoms with Crippen molar-refractivity contribution in [3.63, 3.8) is 0 Å². The van der Waals surface area contributed by atoms with Gasteiger partial charge in [-0.2, -0.15) is 13.2 Å². The molecule has 0 atom stereocenters. The second-order valence-electron chi connectivity index (χ2n) is 8.56. The van der Waals surface area contributed by atoms with E-state index in [4.69, 9.17) is 34.8 Å². The molecule has 0 unspecified atom stereocenters. The Bertz CT molecular complexity index is 1920. The van der Waals surface area contributed by atoms with Gasteiger partial charge >= 0.3 is 11.9 Å². The summed E-state index contributed by atoms with van der Waals surface area (Å²) >= 11 is 12.2. The average Bonchev–Trinajstić information content (AvgIpc) is 2.90. The molecule has 0 bridgehead atoms. The molecule has 0 radical (unpaired) electrons. The van der Waals surface area contributed by atoms with Crippen molar-refractivity contribution in [3.8, 4) is 16.9 Å². The lowest BCUT2D eigenvalue weighted by atomic mass is 10.0. The molecule has 8 nitrogen and oxygen atoms in total. The number of halogens is 6. The third kappa shape index (κ3) is 4.66. The highest BCUT2D eigenvalue weighted by atomic mass is 35.5. The van der Waals surface area contributed by atoms with E-state index in [1.165, 1.54) is 24.5 Å². The molecule has 5 N–H and O–H groups in total. The van der Waals surface area contributed by atoms with Crippen LogP contribution in [0.1, 0.15) is 5.56 Å². The van der Waals surface area contributed by atoms with Gasteiger partial charge in [-0.1, -0.05) is 47.5 Å². The maximum Gasteiger partial charge on any atom is 0.419 e. The van der Waals surface area contributed by atoms with Gasteiger partial charge in [0.05, 0.1) is 44.6 Å². The standard InChI is InChI=1S/C26H16Cl2F4N6O2/c27-16-8-19(33)20(9-17(16)28)38(34)23-22(12-5-6-18(29)15(7-12)26(30,31)32)36-25(40)37(24(23)39)21-11-35-10-13-3-1-2-4-14(13)21/h1-11H,33-34H2,(H,36,40). The predicted octanol–water partition coefficient (Wildman–Crippen LogP) is 5.80. The number of pyridine rings is 1. The van der Waals surface area contributed by atoms with Crippen molar-refractivity contribution in [2.24, 2.45) is 5.84 Å². The molecule has 0 saturated heterocycles. The Morgan fingerprint density at radius 3 is 2.40 bits per heavy atom. The Morgan fingerprint density at radius 2 is 1.68 bits per heavy atom. The molecule has 0 saturated carbocycles. The number of nitrogens with zero attached hydrogens (tertiary/aromatic N) is 3. The molecule has 204 valence electrons. The van der Waals surface area contributed by atoms with Gasteiger partial charge in [-0.25, -0.2) is 19.6 Å². The summed E-state index contributed by atoms with van der Waals surface area (Å²) in [7, 11) is 0. The first-order valence-electron chi connectivity index (χ1n) is 11.3. The number of nitrogen functional groups attached to an aromatic ring is 1. The predicted molar refractivity (Wildman–Crippen MR) is 146 cm³/mol. The minimum absolute atomic E-state index is 0.00649. The fourth-order valence-electron chi connectivity index (χ4n) is 4.24. The Hall–Kier alpha value is -4.39. The van der Waals surface area contributed by atoms with Crippen molar-refractivity contribution in [2.45, 2.75) is 6.18 Å². The van der Waals surface area contributed by atoms with Gasteiger partial charge in [0.1, 0.15) is 11.5 Å². The van der Waals surface area contributed by atoms with Crippen LogP contribution in [0, 0.1) is 5.82 Å². The largest absolute Gasteiger partial charge is 0.419 e. The molecule has 0 fully saturated rings. The number of nitrogens with two attached hydrogens (primary N) is 2. The second kappa shape index (κ2) is 9.97. The van der Waals surface area contributed by atoms with Crippen molar-refractivity contribution in [2.75, 3.05) is 10.7 Å². The number of hydrogen-bond donors (Lipinski definition) is 3. The molecule has 2 aromatic heterocycles. The summed E-state index contributed by atoms with van der Waals surface area (Å²) in [4.78, 5) is 33.9. The number of benzene rings is 3. The van der Waals surface area contributed by atoms with E-state index in [0.717, 1.165) is 15.6 Å².